The van der Waals surface area contributed by atoms with Gasteiger partial charge in [-0.25, -0.2) is 4.39 Å². The number of nitrogens with two attached hydrogens (primary N) is 1. The van der Waals surface area contributed by atoms with Gasteiger partial charge < -0.3 is 11.1 Å². The second-order valence-corrected chi connectivity index (χ2v) is 4.92. The molecule has 0 aliphatic carbocycles. The monoisotopic (exact) mass is 322 g/mol. The molecule has 2 aromatic rings. The Morgan fingerprint density at radius 3 is 2.74 bits per heavy atom. The number of benzene rings is 2. The van der Waals surface area contributed by atoms with Crippen molar-refractivity contribution < 1.29 is 9.18 Å². The van der Waals surface area contributed by atoms with Crippen molar-refractivity contribution in [3.05, 3.63) is 57.8 Å². The number of amides is 1. The average Bonchev–Trinajstić information content (AvgIpc) is 2.37. The van der Waals surface area contributed by atoms with E-state index in [4.69, 9.17) is 5.73 Å². The van der Waals surface area contributed by atoms with E-state index in [0.717, 1.165) is 5.56 Å². The van der Waals surface area contributed by atoms with E-state index in [-0.39, 0.29) is 10.0 Å². The van der Waals surface area contributed by atoms with Gasteiger partial charge in [-0.3, -0.25) is 4.79 Å². The molecule has 1 amide bonds. The summed E-state index contributed by atoms with van der Waals surface area (Å²) in [5, 5.41) is 2.68. The van der Waals surface area contributed by atoms with Crippen LogP contribution in [0.5, 0.6) is 0 Å². The quantitative estimate of drug-likeness (QED) is 0.828. The minimum absolute atomic E-state index is 0.146. The fourth-order valence-electron chi connectivity index (χ4n) is 1.60. The molecule has 0 atom stereocenters. The maximum absolute atomic E-state index is 13.3. The second-order valence-electron chi connectivity index (χ2n) is 4.13. The van der Waals surface area contributed by atoms with Crippen molar-refractivity contribution in [3.8, 4) is 0 Å². The van der Waals surface area contributed by atoms with Crippen LogP contribution in [0.1, 0.15) is 15.9 Å². The zero-order valence-corrected chi connectivity index (χ0v) is 11.8. The first kappa shape index (κ1) is 13.5. The molecule has 0 unspecified atom stereocenters. The summed E-state index contributed by atoms with van der Waals surface area (Å²) in [6.45, 7) is 1.88. The van der Waals surface area contributed by atoms with Gasteiger partial charge in [0, 0.05) is 11.4 Å². The van der Waals surface area contributed by atoms with Crippen molar-refractivity contribution in [1.29, 1.82) is 0 Å². The van der Waals surface area contributed by atoms with E-state index in [1.54, 1.807) is 18.2 Å². The lowest BCUT2D eigenvalue weighted by Gasteiger charge is -2.09. The average molecular weight is 323 g/mol. The minimum atomic E-state index is -0.476. The topological polar surface area (TPSA) is 55.1 Å². The summed E-state index contributed by atoms with van der Waals surface area (Å²) in [4.78, 5) is 12.0. The first-order valence-corrected chi connectivity index (χ1v) is 6.40. The van der Waals surface area contributed by atoms with Crippen LogP contribution in [-0.4, -0.2) is 5.91 Å². The summed E-state index contributed by atoms with van der Waals surface area (Å²) in [6, 6.07) is 9.53. The molecule has 0 aromatic heterocycles. The van der Waals surface area contributed by atoms with Gasteiger partial charge in [0.2, 0.25) is 0 Å². The number of carbonyl (C=O) groups excluding carboxylic acids is 1. The Bertz CT molecular complexity index is 643. The van der Waals surface area contributed by atoms with Gasteiger partial charge >= 0.3 is 0 Å². The molecule has 3 N–H and O–H groups in total. The van der Waals surface area contributed by atoms with Gasteiger partial charge in [0.1, 0.15) is 5.82 Å². The Morgan fingerprint density at radius 1 is 1.32 bits per heavy atom. The smallest absolute Gasteiger partial charge is 0.256 e. The van der Waals surface area contributed by atoms with Crippen molar-refractivity contribution in [2.75, 3.05) is 11.1 Å². The Morgan fingerprint density at radius 2 is 2.05 bits per heavy atom. The van der Waals surface area contributed by atoms with E-state index in [9.17, 15) is 9.18 Å². The van der Waals surface area contributed by atoms with Gasteiger partial charge in [-0.2, -0.15) is 0 Å². The van der Waals surface area contributed by atoms with Crippen molar-refractivity contribution in [3.63, 3.8) is 0 Å². The zero-order chi connectivity index (χ0) is 14.0. The molecule has 2 rings (SSSR count). The van der Waals surface area contributed by atoms with Crippen LogP contribution in [0.2, 0.25) is 0 Å². The van der Waals surface area contributed by atoms with Crippen LogP contribution in [-0.2, 0) is 0 Å². The fraction of sp³-hybridized carbons (Fsp3) is 0.0714. The van der Waals surface area contributed by atoms with E-state index in [1.807, 2.05) is 13.0 Å². The van der Waals surface area contributed by atoms with Gasteiger partial charge in [-0.1, -0.05) is 12.1 Å². The molecule has 19 heavy (non-hydrogen) atoms. The molecule has 0 aliphatic heterocycles. The third kappa shape index (κ3) is 2.93. The Labute approximate surface area is 118 Å². The SMILES string of the molecule is Cc1ccc(NC(=O)c2cccc(F)c2Br)cc1N. The number of hydrogen-bond donors (Lipinski definition) is 2. The van der Waals surface area contributed by atoms with E-state index >= 15 is 0 Å². The third-order valence-corrected chi connectivity index (χ3v) is 3.54. The highest BCUT2D eigenvalue weighted by Gasteiger charge is 2.13. The van der Waals surface area contributed by atoms with Crippen molar-refractivity contribution in [2.24, 2.45) is 0 Å². The molecule has 0 saturated heterocycles. The summed E-state index contributed by atoms with van der Waals surface area (Å²) in [5.41, 5.74) is 8.11. The van der Waals surface area contributed by atoms with Crippen LogP contribution in [0, 0.1) is 12.7 Å². The molecule has 0 fully saturated rings. The first-order chi connectivity index (χ1) is 8.99. The Kier molecular flexibility index (Phi) is 3.85. The maximum atomic E-state index is 13.3. The fourth-order valence-corrected chi connectivity index (χ4v) is 2.04. The van der Waals surface area contributed by atoms with Crippen LogP contribution in [0.3, 0.4) is 0 Å². The summed E-state index contributed by atoms with van der Waals surface area (Å²) in [5.74, 6) is -0.870. The summed E-state index contributed by atoms with van der Waals surface area (Å²) >= 11 is 3.06. The number of anilines is 2. The lowest BCUT2D eigenvalue weighted by molar-refractivity contribution is 0.102. The molecule has 0 bridgehead atoms. The number of halogens is 2. The third-order valence-electron chi connectivity index (χ3n) is 2.73. The van der Waals surface area contributed by atoms with Crippen LogP contribution in [0.25, 0.3) is 0 Å². The van der Waals surface area contributed by atoms with Crippen molar-refractivity contribution >= 4 is 33.2 Å². The molecular formula is C14H12BrFN2O. The van der Waals surface area contributed by atoms with Gasteiger partial charge in [0.15, 0.2) is 0 Å². The standard InChI is InChI=1S/C14H12BrFN2O/c1-8-5-6-9(7-12(8)17)18-14(19)10-3-2-4-11(16)13(10)15/h2-7H,17H2,1H3,(H,18,19). The zero-order valence-electron chi connectivity index (χ0n) is 10.2. The number of nitrogens with one attached hydrogen (secondary N) is 1. The number of carbonyl (C=O) groups is 1. The van der Waals surface area contributed by atoms with E-state index in [1.165, 1.54) is 12.1 Å². The van der Waals surface area contributed by atoms with E-state index in [2.05, 4.69) is 21.2 Å². The highest BCUT2D eigenvalue weighted by atomic mass is 79.9. The molecule has 0 saturated carbocycles. The maximum Gasteiger partial charge on any atom is 0.256 e. The van der Waals surface area contributed by atoms with E-state index < -0.39 is 11.7 Å². The molecule has 0 heterocycles. The lowest BCUT2D eigenvalue weighted by atomic mass is 10.1. The molecule has 3 nitrogen and oxygen atoms in total. The summed E-state index contributed by atoms with van der Waals surface area (Å²) in [6.07, 6.45) is 0. The molecular weight excluding hydrogens is 311 g/mol. The number of hydrogen-bond acceptors (Lipinski definition) is 2. The summed E-state index contributed by atoms with van der Waals surface area (Å²) < 4.78 is 13.5. The number of nitrogen functional groups attached to an aromatic ring is 1. The molecule has 0 radical (unpaired) electrons. The van der Waals surface area contributed by atoms with Gasteiger partial charge in [-0.05, 0) is 52.7 Å². The minimum Gasteiger partial charge on any atom is -0.398 e. The van der Waals surface area contributed by atoms with Gasteiger partial charge in [0.25, 0.3) is 5.91 Å². The van der Waals surface area contributed by atoms with Crippen LogP contribution in [0.15, 0.2) is 40.9 Å². The highest BCUT2D eigenvalue weighted by molar-refractivity contribution is 9.10. The van der Waals surface area contributed by atoms with Gasteiger partial charge in [-0.15, -0.1) is 0 Å². The Hall–Kier alpha value is -1.88. The largest absolute Gasteiger partial charge is 0.398 e. The number of aryl methyl sites for hydroxylation is 1. The van der Waals surface area contributed by atoms with Crippen molar-refractivity contribution in [1.82, 2.24) is 0 Å². The number of rotatable bonds is 2. The normalized spacial score (nSPS) is 10.3. The van der Waals surface area contributed by atoms with Gasteiger partial charge in [0.05, 0.1) is 10.0 Å². The molecule has 0 aliphatic rings. The van der Waals surface area contributed by atoms with Crippen LogP contribution >= 0.6 is 15.9 Å². The highest BCUT2D eigenvalue weighted by Crippen LogP contribution is 2.22. The Balaban J connectivity index is 2.26. The van der Waals surface area contributed by atoms with Crippen LogP contribution < -0.4 is 11.1 Å². The first-order valence-electron chi connectivity index (χ1n) is 5.60. The van der Waals surface area contributed by atoms with Crippen LogP contribution in [0.4, 0.5) is 15.8 Å². The predicted octanol–water partition coefficient (Wildman–Crippen LogP) is 3.73. The molecule has 0 spiro atoms. The summed E-state index contributed by atoms with van der Waals surface area (Å²) in [7, 11) is 0. The van der Waals surface area contributed by atoms with E-state index in [0.29, 0.717) is 11.4 Å². The van der Waals surface area contributed by atoms with Crippen molar-refractivity contribution in [2.45, 2.75) is 6.92 Å². The molecule has 5 heteroatoms. The second kappa shape index (κ2) is 5.40. The predicted molar refractivity (Wildman–Crippen MR) is 77.6 cm³/mol. The lowest BCUT2D eigenvalue weighted by Crippen LogP contribution is -2.13. The molecule has 2 aromatic carbocycles. The molecule has 98 valence electrons.